The number of anilines is 2. The maximum atomic E-state index is 12.8. The van der Waals surface area contributed by atoms with Crippen LogP contribution in [0.5, 0.6) is 0 Å². The molecule has 2 amide bonds. The fraction of sp³-hybridized carbons (Fsp3) is 0.333. The highest BCUT2D eigenvalue weighted by atomic mass is 35.5. The van der Waals surface area contributed by atoms with Crippen LogP contribution in [0.3, 0.4) is 0 Å². The van der Waals surface area contributed by atoms with Crippen molar-refractivity contribution < 1.29 is 27.9 Å². The molecule has 0 saturated carbocycles. The van der Waals surface area contributed by atoms with Gasteiger partial charge in [-0.25, -0.2) is 8.42 Å². The van der Waals surface area contributed by atoms with Crippen LogP contribution in [0.2, 0.25) is 5.02 Å². The minimum atomic E-state index is -3.53. The molecule has 2 aromatic carbocycles. The zero-order valence-corrected chi connectivity index (χ0v) is 21.4. The minimum absolute atomic E-state index is 0.0677. The molecule has 0 spiro atoms. The molecule has 35 heavy (non-hydrogen) atoms. The maximum Gasteiger partial charge on any atom is 0.253 e. The Bertz CT molecular complexity index is 1170. The molecule has 2 rings (SSSR count). The van der Waals surface area contributed by atoms with Crippen LogP contribution in [0.1, 0.15) is 22.3 Å². The zero-order valence-electron chi connectivity index (χ0n) is 19.8. The summed E-state index contributed by atoms with van der Waals surface area (Å²) >= 11 is 5.92. The highest BCUT2D eigenvalue weighted by Crippen LogP contribution is 2.21. The van der Waals surface area contributed by atoms with Gasteiger partial charge in [0.05, 0.1) is 18.0 Å². The molecule has 190 valence electrons. The van der Waals surface area contributed by atoms with Crippen molar-refractivity contribution in [1.29, 1.82) is 0 Å². The topological polar surface area (TPSA) is 125 Å². The largest absolute Gasteiger partial charge is 0.391 e. The molecule has 2 aromatic rings. The smallest absolute Gasteiger partial charge is 0.253 e. The van der Waals surface area contributed by atoms with Crippen LogP contribution >= 0.6 is 11.6 Å². The molecule has 0 aliphatic rings. The van der Waals surface area contributed by atoms with Gasteiger partial charge in [0.25, 0.3) is 11.8 Å². The van der Waals surface area contributed by atoms with Gasteiger partial charge in [-0.05, 0) is 48.4 Å². The van der Waals surface area contributed by atoms with Gasteiger partial charge in [-0.3, -0.25) is 13.9 Å². The lowest BCUT2D eigenvalue weighted by atomic mass is 10.1. The van der Waals surface area contributed by atoms with Crippen LogP contribution in [-0.4, -0.2) is 64.5 Å². The van der Waals surface area contributed by atoms with E-state index in [0.29, 0.717) is 28.4 Å². The molecule has 11 heteroatoms. The first kappa shape index (κ1) is 28.3. The summed E-state index contributed by atoms with van der Waals surface area (Å²) in [5.41, 5.74) is 1.75. The number of nitrogens with one attached hydrogen (secondary N) is 2. The number of halogens is 1. The lowest BCUT2D eigenvalue weighted by molar-refractivity contribution is -0.127. The summed E-state index contributed by atoms with van der Waals surface area (Å²) in [6.45, 7) is 3.53. The van der Waals surface area contributed by atoms with E-state index in [2.05, 4.69) is 17.2 Å². The number of benzene rings is 2. The zero-order chi connectivity index (χ0) is 26.2. The van der Waals surface area contributed by atoms with Gasteiger partial charge >= 0.3 is 0 Å². The third-order valence-corrected chi connectivity index (χ3v) is 6.58. The van der Waals surface area contributed by atoms with Gasteiger partial charge in [0.15, 0.2) is 0 Å². The Morgan fingerprint density at radius 1 is 1.26 bits per heavy atom. The predicted octanol–water partition coefficient (Wildman–Crippen LogP) is 2.60. The quantitative estimate of drug-likeness (QED) is 0.367. The van der Waals surface area contributed by atoms with Crippen molar-refractivity contribution in [3.05, 3.63) is 71.3 Å². The molecule has 0 saturated heterocycles. The van der Waals surface area contributed by atoms with Gasteiger partial charge in [0, 0.05) is 43.4 Å². The molecule has 1 unspecified atom stereocenters. The second-order valence-electron chi connectivity index (χ2n) is 7.93. The summed E-state index contributed by atoms with van der Waals surface area (Å²) < 4.78 is 30.2. The third kappa shape index (κ3) is 8.66. The molecular formula is C24H30ClN3O6S. The van der Waals surface area contributed by atoms with E-state index in [9.17, 15) is 23.1 Å². The Hall–Kier alpha value is -2.92. The van der Waals surface area contributed by atoms with Gasteiger partial charge in [0.2, 0.25) is 10.0 Å². The van der Waals surface area contributed by atoms with Crippen molar-refractivity contribution in [3.63, 3.8) is 0 Å². The van der Waals surface area contributed by atoms with E-state index in [-0.39, 0.29) is 18.5 Å². The molecule has 0 fully saturated rings. The Labute approximate surface area is 210 Å². The number of carbonyl (C=O) groups excluding carboxylic acids is 2. The van der Waals surface area contributed by atoms with Crippen molar-refractivity contribution >= 4 is 44.8 Å². The number of sulfonamides is 1. The number of hydrogen-bond donors (Lipinski definition) is 3. The number of aliphatic hydroxyl groups is 1. The summed E-state index contributed by atoms with van der Waals surface area (Å²) in [7, 11) is -0.787. The van der Waals surface area contributed by atoms with Crippen LogP contribution < -0.4 is 14.9 Å². The lowest BCUT2D eigenvalue weighted by Crippen LogP contribution is -2.38. The highest BCUT2D eigenvalue weighted by molar-refractivity contribution is 7.92. The fourth-order valence-corrected chi connectivity index (χ4v) is 3.88. The van der Waals surface area contributed by atoms with E-state index in [1.165, 1.54) is 20.2 Å². The van der Waals surface area contributed by atoms with Crippen molar-refractivity contribution in [2.24, 2.45) is 0 Å². The maximum absolute atomic E-state index is 12.8. The summed E-state index contributed by atoms with van der Waals surface area (Å²) in [5, 5.41) is 16.1. The fourth-order valence-electron chi connectivity index (χ4n) is 3.21. The Kier molecular flexibility index (Phi) is 10.3. The van der Waals surface area contributed by atoms with Crippen LogP contribution in [-0.2, 0) is 26.0 Å². The first-order chi connectivity index (χ1) is 16.4. The van der Waals surface area contributed by atoms with E-state index in [4.69, 9.17) is 16.3 Å². The summed E-state index contributed by atoms with van der Waals surface area (Å²) in [4.78, 5) is 25.2. The molecule has 0 heterocycles. The second kappa shape index (κ2) is 12.7. The number of aliphatic hydroxyl groups excluding tert-OH is 1. The van der Waals surface area contributed by atoms with E-state index < -0.39 is 34.0 Å². The van der Waals surface area contributed by atoms with E-state index >= 15 is 0 Å². The van der Waals surface area contributed by atoms with Crippen molar-refractivity contribution in [2.75, 3.05) is 36.6 Å². The van der Waals surface area contributed by atoms with E-state index in [0.717, 1.165) is 10.6 Å². The first-order valence-corrected chi connectivity index (χ1v) is 12.9. The first-order valence-electron chi connectivity index (χ1n) is 10.7. The van der Waals surface area contributed by atoms with Crippen LogP contribution in [0.4, 0.5) is 11.4 Å². The van der Waals surface area contributed by atoms with Crippen LogP contribution in [0.25, 0.3) is 0 Å². The number of amides is 2. The number of carbonyl (C=O) groups is 2. The predicted molar refractivity (Wildman–Crippen MR) is 137 cm³/mol. The van der Waals surface area contributed by atoms with Crippen LogP contribution in [0, 0.1) is 0 Å². The average Bonchev–Trinajstić information content (AvgIpc) is 2.79. The molecule has 2 atom stereocenters. The number of ether oxygens (including phenoxy) is 1. The highest BCUT2D eigenvalue weighted by Gasteiger charge is 2.23. The number of rotatable bonds is 12. The van der Waals surface area contributed by atoms with Crippen LogP contribution in [0.15, 0.2) is 55.1 Å². The number of hydrogen-bond acceptors (Lipinski definition) is 6. The average molecular weight is 524 g/mol. The standard InChI is InChI=1S/C24H30ClN3O6S/c1-5-7-16-10-17(12-20(11-16)28(2)35(4,32)33)23(30)26-15-21(29)14-22(34-3)24(31)27-19-9-6-8-18(25)13-19/h5-6,8-13,21-22,29H,1,7,14-15H2,2-4H3,(H,26,30)(H,27,31)/t21?,22-/m1/s1. The van der Waals surface area contributed by atoms with Gasteiger partial charge in [-0.2, -0.15) is 0 Å². The normalized spacial score (nSPS) is 12.9. The molecule has 0 aliphatic carbocycles. The van der Waals surface area contributed by atoms with Gasteiger partial charge in [0.1, 0.15) is 6.10 Å². The number of allylic oxidation sites excluding steroid dienone is 1. The molecule has 0 aromatic heterocycles. The van der Waals surface area contributed by atoms with Gasteiger partial charge in [-0.15, -0.1) is 6.58 Å². The SMILES string of the molecule is C=CCc1cc(C(=O)NCC(O)C[C@@H](OC)C(=O)Nc2cccc(Cl)c2)cc(N(C)S(C)(=O)=O)c1. The summed E-state index contributed by atoms with van der Waals surface area (Å²) in [6, 6.07) is 11.4. The summed E-state index contributed by atoms with van der Waals surface area (Å²) in [6.07, 6.45) is 1.03. The minimum Gasteiger partial charge on any atom is -0.391 e. The Morgan fingerprint density at radius 2 is 1.97 bits per heavy atom. The number of nitrogens with zero attached hydrogens (tertiary/aromatic N) is 1. The summed E-state index contributed by atoms with van der Waals surface area (Å²) in [5.74, 6) is -0.971. The molecule has 3 N–H and O–H groups in total. The van der Waals surface area contributed by atoms with Crippen molar-refractivity contribution in [3.8, 4) is 0 Å². The monoisotopic (exact) mass is 523 g/mol. The Balaban J connectivity index is 2.04. The van der Waals surface area contributed by atoms with Gasteiger partial charge in [-0.1, -0.05) is 23.7 Å². The molecule has 0 radical (unpaired) electrons. The second-order valence-corrected chi connectivity index (χ2v) is 10.4. The lowest BCUT2D eigenvalue weighted by Gasteiger charge is -2.20. The Morgan fingerprint density at radius 3 is 2.57 bits per heavy atom. The molecule has 0 aliphatic heterocycles. The molecule has 0 bridgehead atoms. The van der Waals surface area contributed by atoms with E-state index in [1.54, 1.807) is 42.5 Å². The van der Waals surface area contributed by atoms with Crippen molar-refractivity contribution in [2.45, 2.75) is 25.0 Å². The van der Waals surface area contributed by atoms with Gasteiger partial charge < -0.3 is 20.5 Å². The van der Waals surface area contributed by atoms with E-state index in [1.807, 2.05) is 0 Å². The number of methoxy groups -OCH3 is 1. The van der Waals surface area contributed by atoms with Crippen molar-refractivity contribution in [1.82, 2.24) is 5.32 Å². The third-order valence-electron chi connectivity index (χ3n) is 5.13. The molecule has 9 nitrogen and oxygen atoms in total. The molecular weight excluding hydrogens is 494 g/mol.